The number of hydrogen-bond donors (Lipinski definition) is 4. The van der Waals surface area contributed by atoms with E-state index in [1.807, 2.05) is 0 Å². The molecule has 0 saturated carbocycles. The van der Waals surface area contributed by atoms with Gasteiger partial charge in [-0.05, 0) is 25.7 Å². The SMILES string of the molecule is O=C(O)CCCCCCCCCCCCCCCCC(=O)NCCNC(=O)CCCCCCCCCCCCCCCCC(=O)O. The van der Waals surface area contributed by atoms with Crippen molar-refractivity contribution in [1.82, 2.24) is 10.6 Å². The van der Waals surface area contributed by atoms with Crippen LogP contribution in [0.25, 0.3) is 0 Å². The minimum atomic E-state index is -0.682. The van der Waals surface area contributed by atoms with Crippen molar-refractivity contribution in [1.29, 1.82) is 0 Å². The fourth-order valence-electron chi connectivity index (χ4n) is 5.95. The maximum Gasteiger partial charge on any atom is 0.303 e. The Bertz CT molecular complexity index is 670. The zero-order valence-electron chi connectivity index (χ0n) is 29.6. The van der Waals surface area contributed by atoms with Gasteiger partial charge in [0.1, 0.15) is 0 Å². The highest BCUT2D eigenvalue weighted by atomic mass is 16.4. The summed E-state index contributed by atoms with van der Waals surface area (Å²) in [5.41, 5.74) is 0. The van der Waals surface area contributed by atoms with E-state index >= 15 is 0 Å². The van der Waals surface area contributed by atoms with Crippen molar-refractivity contribution in [3.8, 4) is 0 Å². The highest BCUT2D eigenvalue weighted by Gasteiger charge is 2.04. The second-order valence-corrected chi connectivity index (χ2v) is 13.4. The fourth-order valence-corrected chi connectivity index (χ4v) is 5.95. The summed E-state index contributed by atoms with van der Waals surface area (Å²) in [5, 5.41) is 23.1. The van der Waals surface area contributed by atoms with Crippen LogP contribution in [0.4, 0.5) is 0 Å². The summed E-state index contributed by atoms with van der Waals surface area (Å²) >= 11 is 0. The van der Waals surface area contributed by atoms with Gasteiger partial charge in [0.05, 0.1) is 0 Å². The summed E-state index contributed by atoms with van der Waals surface area (Å²) in [6, 6.07) is 0. The van der Waals surface area contributed by atoms with Gasteiger partial charge in [0.25, 0.3) is 0 Å². The molecule has 8 nitrogen and oxygen atoms in total. The van der Waals surface area contributed by atoms with Crippen LogP contribution in [0.15, 0.2) is 0 Å². The van der Waals surface area contributed by atoms with Gasteiger partial charge in [-0.2, -0.15) is 0 Å². The van der Waals surface area contributed by atoms with Gasteiger partial charge in [0.15, 0.2) is 0 Å². The number of carboxylic acids is 2. The van der Waals surface area contributed by atoms with Crippen molar-refractivity contribution in [2.75, 3.05) is 13.1 Å². The van der Waals surface area contributed by atoms with Crippen LogP contribution in [0.1, 0.15) is 205 Å². The lowest BCUT2D eigenvalue weighted by Gasteiger charge is -2.07. The number of nitrogens with one attached hydrogen (secondary N) is 2. The normalized spacial score (nSPS) is 11.0. The summed E-state index contributed by atoms with van der Waals surface area (Å²) in [5.74, 6) is -1.20. The van der Waals surface area contributed by atoms with Crippen LogP contribution in [0, 0.1) is 0 Å². The number of unbranched alkanes of at least 4 members (excludes halogenated alkanes) is 26. The average Bonchev–Trinajstić information content (AvgIpc) is 3.02. The minimum Gasteiger partial charge on any atom is -0.481 e. The van der Waals surface area contributed by atoms with E-state index in [9.17, 15) is 19.2 Å². The minimum absolute atomic E-state index is 0.0844. The van der Waals surface area contributed by atoms with Crippen molar-refractivity contribution in [3.63, 3.8) is 0 Å². The molecule has 8 heteroatoms. The van der Waals surface area contributed by atoms with Gasteiger partial charge in [-0.15, -0.1) is 0 Å². The fraction of sp³-hybridized carbons (Fsp3) is 0.895. The number of aliphatic carboxylic acids is 2. The molecule has 0 spiro atoms. The molecule has 0 fully saturated rings. The zero-order valence-corrected chi connectivity index (χ0v) is 29.6. The molecule has 0 unspecified atom stereocenters. The summed E-state index contributed by atoms with van der Waals surface area (Å²) in [6.07, 6.45) is 34.7. The average molecular weight is 653 g/mol. The van der Waals surface area contributed by atoms with Crippen molar-refractivity contribution in [3.05, 3.63) is 0 Å². The van der Waals surface area contributed by atoms with Gasteiger partial charge in [-0.3, -0.25) is 19.2 Å². The highest BCUT2D eigenvalue weighted by molar-refractivity contribution is 5.77. The molecular formula is C38H72N2O6. The molecule has 0 aliphatic carbocycles. The topological polar surface area (TPSA) is 133 Å². The lowest BCUT2D eigenvalue weighted by Crippen LogP contribution is -2.34. The monoisotopic (exact) mass is 653 g/mol. The third-order valence-corrected chi connectivity index (χ3v) is 8.86. The maximum absolute atomic E-state index is 12.0. The van der Waals surface area contributed by atoms with Crippen molar-refractivity contribution >= 4 is 23.8 Å². The second kappa shape index (κ2) is 35.7. The molecule has 0 saturated heterocycles. The van der Waals surface area contributed by atoms with E-state index in [1.54, 1.807) is 0 Å². The van der Waals surface area contributed by atoms with Crippen LogP contribution in [-0.4, -0.2) is 47.1 Å². The van der Waals surface area contributed by atoms with Crippen LogP contribution >= 0.6 is 0 Å². The van der Waals surface area contributed by atoms with Gasteiger partial charge < -0.3 is 20.8 Å². The Labute approximate surface area is 282 Å². The number of carbonyl (C=O) groups excluding carboxylic acids is 2. The number of rotatable bonds is 37. The van der Waals surface area contributed by atoms with Crippen LogP contribution in [0.3, 0.4) is 0 Å². The number of amides is 2. The van der Waals surface area contributed by atoms with E-state index in [4.69, 9.17) is 10.2 Å². The van der Waals surface area contributed by atoms with E-state index in [2.05, 4.69) is 10.6 Å². The molecule has 4 N–H and O–H groups in total. The van der Waals surface area contributed by atoms with E-state index in [1.165, 1.54) is 116 Å². The summed E-state index contributed by atoms with van der Waals surface area (Å²) < 4.78 is 0. The number of carboxylic acid groups (broad SMARTS) is 2. The Morgan fingerprint density at radius 3 is 0.652 bits per heavy atom. The molecule has 0 aliphatic heterocycles. The molecule has 0 rings (SSSR count). The van der Waals surface area contributed by atoms with Crippen LogP contribution < -0.4 is 10.6 Å². The van der Waals surface area contributed by atoms with E-state index < -0.39 is 11.9 Å². The highest BCUT2D eigenvalue weighted by Crippen LogP contribution is 2.15. The van der Waals surface area contributed by atoms with Crippen LogP contribution in [0.2, 0.25) is 0 Å². The van der Waals surface area contributed by atoms with E-state index in [0.717, 1.165) is 64.2 Å². The third kappa shape index (κ3) is 38.1. The van der Waals surface area contributed by atoms with Gasteiger partial charge in [0, 0.05) is 38.8 Å². The first-order chi connectivity index (χ1) is 22.4. The number of hydrogen-bond acceptors (Lipinski definition) is 4. The first kappa shape index (κ1) is 43.9. The smallest absolute Gasteiger partial charge is 0.303 e. The molecule has 46 heavy (non-hydrogen) atoms. The molecule has 2 amide bonds. The Hall–Kier alpha value is -2.12. The van der Waals surface area contributed by atoms with Gasteiger partial charge in [-0.1, -0.05) is 154 Å². The van der Waals surface area contributed by atoms with Crippen molar-refractivity contribution in [2.24, 2.45) is 0 Å². The van der Waals surface area contributed by atoms with Crippen LogP contribution in [-0.2, 0) is 19.2 Å². The maximum atomic E-state index is 12.0. The zero-order chi connectivity index (χ0) is 33.8. The Morgan fingerprint density at radius 1 is 0.283 bits per heavy atom. The molecule has 270 valence electrons. The molecule has 0 aromatic carbocycles. The first-order valence-electron chi connectivity index (χ1n) is 19.4. The molecule has 0 aromatic heterocycles. The second-order valence-electron chi connectivity index (χ2n) is 13.4. The summed E-state index contributed by atoms with van der Waals surface area (Å²) in [4.78, 5) is 45.0. The molecule has 0 aromatic rings. The third-order valence-electron chi connectivity index (χ3n) is 8.86. The predicted molar refractivity (Wildman–Crippen MR) is 189 cm³/mol. The largest absolute Gasteiger partial charge is 0.481 e. The number of carbonyl (C=O) groups is 4. The van der Waals surface area contributed by atoms with Crippen molar-refractivity contribution in [2.45, 2.75) is 205 Å². The molecule has 0 aliphatic rings. The van der Waals surface area contributed by atoms with Gasteiger partial charge in [-0.25, -0.2) is 0 Å². The van der Waals surface area contributed by atoms with E-state index in [0.29, 0.717) is 38.8 Å². The molecule has 0 bridgehead atoms. The van der Waals surface area contributed by atoms with Crippen LogP contribution in [0.5, 0.6) is 0 Å². The van der Waals surface area contributed by atoms with Gasteiger partial charge >= 0.3 is 11.9 Å². The molecule has 0 radical (unpaired) electrons. The Morgan fingerprint density at radius 2 is 0.457 bits per heavy atom. The van der Waals surface area contributed by atoms with Crippen molar-refractivity contribution < 1.29 is 29.4 Å². The lowest BCUT2D eigenvalue weighted by atomic mass is 10.0. The Kier molecular flexibility index (Phi) is 34.1. The predicted octanol–water partition coefficient (Wildman–Crippen LogP) is 9.87. The molecule has 0 heterocycles. The van der Waals surface area contributed by atoms with Gasteiger partial charge in [0.2, 0.25) is 11.8 Å². The van der Waals surface area contributed by atoms with E-state index in [-0.39, 0.29) is 11.8 Å². The Balaban J connectivity index is 3.27. The standard InChI is InChI=1S/C38H72N2O6/c41-35(29-25-21-17-13-9-5-1-3-7-11-15-19-23-27-31-37(43)44)39-33-34-40-36(42)30-26-22-18-14-10-6-2-4-8-12-16-20-24-28-32-38(45)46/h1-34H2,(H,39,41)(H,40,42)(H,43,44)(H,45,46). The quantitative estimate of drug-likeness (QED) is 0.0494. The lowest BCUT2D eigenvalue weighted by molar-refractivity contribution is -0.138. The summed E-state index contributed by atoms with van der Waals surface area (Å²) in [7, 11) is 0. The molecular weight excluding hydrogens is 580 g/mol. The summed E-state index contributed by atoms with van der Waals surface area (Å²) in [6.45, 7) is 1.00. The molecule has 0 atom stereocenters. The first-order valence-corrected chi connectivity index (χ1v) is 19.4.